The predicted octanol–water partition coefficient (Wildman–Crippen LogP) is 7.67. The van der Waals surface area contributed by atoms with Crippen LogP contribution in [-0.2, 0) is 57.5 Å². The van der Waals surface area contributed by atoms with E-state index in [2.05, 4.69) is 16.0 Å². The zero-order valence-corrected chi connectivity index (χ0v) is 63.3. The fraction of sp³-hybridized carbons (Fsp3) is 0.824. The first kappa shape index (κ1) is 85.8. The molecular weight excluding hydrogens is 1420 g/mol. The topological polar surface area (TPSA) is 259 Å². The third kappa shape index (κ3) is 20.8. The predicted molar refractivity (Wildman–Crippen MR) is 371 cm³/mol. The number of carbonyl (C=O) groups is 11. The minimum atomic E-state index is -5.25. The second-order valence-corrected chi connectivity index (χ2v) is 31.9. The minimum Gasteiger partial charge on any atom is -0.377 e. The number of fused-ring (bicyclic) bond motifs is 3. The van der Waals surface area contributed by atoms with Crippen molar-refractivity contribution in [3.8, 4) is 0 Å². The SMILES string of the molecule is CCO[C@@H]1C[C@H]2C(=O)NC3(CC(F)(F)C3)C(=O)N(C)[C@@H](C3CCCC3)C(=O)N(C)[C@H](CC)CC(=O)N(C)[C@@H](CC3CC3)C(=O)N[C@@H]([C@@H](C)CC)C(=O)N(C)CC(=O)N(C)[C@H]3C/C=C\CCN(C3=O)[C@@H](CC3CCC(C(F)(F)F)CC3)C(=O)N(C)CC(=O)N[C@@H](CCC3CC(F)C(C(F)(F)F)C(F)C3)C(=O)N2C1. The largest absolute Gasteiger partial charge is 0.397 e. The van der Waals surface area contributed by atoms with E-state index in [0.717, 1.165) is 37.3 Å². The van der Waals surface area contributed by atoms with Gasteiger partial charge in [-0.15, -0.1) is 0 Å². The Morgan fingerprint density at radius 2 is 1.20 bits per heavy atom. The first-order valence-electron chi connectivity index (χ1n) is 38.3. The molecule has 5 aliphatic carbocycles. The normalized spacial score (nSPS) is 33.4. The number of hydrogen-bond donors (Lipinski definition) is 3. The maximum absolute atomic E-state index is 15.7. The van der Waals surface area contributed by atoms with E-state index in [1.165, 1.54) is 57.0 Å². The smallest absolute Gasteiger partial charge is 0.377 e. The van der Waals surface area contributed by atoms with Crippen LogP contribution < -0.4 is 16.0 Å². The summed E-state index contributed by atoms with van der Waals surface area (Å²) in [4.78, 5) is 175. The molecule has 2 unspecified atom stereocenters. The molecular formula is C74H111F10N11O12. The van der Waals surface area contributed by atoms with Gasteiger partial charge in [-0.25, -0.2) is 17.6 Å². The van der Waals surface area contributed by atoms with Gasteiger partial charge in [-0.1, -0.05) is 65.0 Å². The summed E-state index contributed by atoms with van der Waals surface area (Å²) in [6, 6.07) is -11.0. The fourth-order valence-electron chi connectivity index (χ4n) is 17.4. The number of carbonyl (C=O) groups excluding carboxylic acids is 11. The molecule has 0 aromatic heterocycles. The molecule has 8 rings (SSSR count). The van der Waals surface area contributed by atoms with Crippen LogP contribution in [0.15, 0.2) is 12.2 Å². The van der Waals surface area contributed by atoms with Crippen molar-refractivity contribution in [1.82, 2.24) is 55.1 Å². The molecule has 0 aromatic rings. The molecule has 604 valence electrons. The van der Waals surface area contributed by atoms with Crippen LogP contribution in [0.3, 0.4) is 0 Å². The van der Waals surface area contributed by atoms with Gasteiger partial charge in [0.25, 0.3) is 5.92 Å². The molecule has 1 spiro atoms. The first-order valence-corrected chi connectivity index (χ1v) is 38.3. The van der Waals surface area contributed by atoms with Gasteiger partial charge in [0, 0.05) is 93.7 Å². The highest BCUT2D eigenvalue weighted by Gasteiger charge is 2.64. The molecule has 23 nitrogen and oxygen atoms in total. The molecule has 3 aliphatic heterocycles. The lowest BCUT2D eigenvalue weighted by Crippen LogP contribution is -2.72. The van der Waals surface area contributed by atoms with Gasteiger partial charge in [0.1, 0.15) is 66.1 Å². The molecule has 107 heavy (non-hydrogen) atoms. The number of rotatable bonds is 13. The average molecular weight is 1540 g/mol. The minimum absolute atomic E-state index is 0.00690. The van der Waals surface area contributed by atoms with Crippen LogP contribution in [0.2, 0.25) is 0 Å². The Balaban J connectivity index is 1.19. The molecule has 2 bridgehead atoms. The van der Waals surface area contributed by atoms with Crippen molar-refractivity contribution in [2.45, 2.75) is 272 Å². The molecule has 3 N–H and O–H groups in total. The van der Waals surface area contributed by atoms with Crippen molar-refractivity contribution in [3.63, 3.8) is 0 Å². The summed E-state index contributed by atoms with van der Waals surface area (Å²) in [6.07, 6.45) is -15.0. The van der Waals surface area contributed by atoms with E-state index in [-0.39, 0.29) is 89.7 Å². The Hall–Kier alpha value is -6.83. The van der Waals surface area contributed by atoms with Crippen molar-refractivity contribution < 1.29 is 101 Å². The molecule has 8 aliphatic rings. The Bertz CT molecular complexity index is 3200. The van der Waals surface area contributed by atoms with E-state index >= 15 is 46.3 Å². The standard InChI is InChI=1S/C74H111F10N11O12/c1-11-42(4)61-68(104)89(6)39-59(98)91(8)53-21-15-14-18-30-94(67(53)103)56(34-44-24-27-47(28-25-44)73(79,80)81)66(102)88(5)38-57(96)85-52(29-26-45-31-50(75)60(51(76)32-45)74(82,83)84)65(101)95-37-49(107-13-3)36-55(95)64(100)87-71(40-72(77,78)41-71)70(106)93(10)62(46-19-16-17-20-46)69(105)90(7)48(12-2)35-58(97)92(9)54(63(99)86-61)33-43-22-23-43/h14-15,42-56,60-62H,11-13,16-41H2,1-10H3,(H,85,96)(H,86,99)(H,87,100)/b15-14-/t42-,44?,45?,47?,48+,49+,50?,51?,52-,53-,54-,55-,56-,60?,61-,62-/m0/s1. The zero-order chi connectivity index (χ0) is 79.1. The number of likely N-dealkylation sites (N-methyl/N-ethyl adjacent to an activating group) is 6. The van der Waals surface area contributed by atoms with Crippen molar-refractivity contribution in [1.29, 1.82) is 0 Å². The number of alkyl halides is 10. The van der Waals surface area contributed by atoms with E-state index in [9.17, 15) is 50.3 Å². The Labute approximate surface area is 620 Å². The van der Waals surface area contributed by atoms with E-state index in [4.69, 9.17) is 4.74 Å². The van der Waals surface area contributed by atoms with Gasteiger partial charge in [0.05, 0.1) is 25.1 Å². The number of nitrogens with one attached hydrogen (secondary N) is 3. The summed E-state index contributed by atoms with van der Waals surface area (Å²) in [5, 5.41) is 7.99. The number of halogens is 10. The highest BCUT2D eigenvalue weighted by Crippen LogP contribution is 2.49. The summed E-state index contributed by atoms with van der Waals surface area (Å²) in [5.41, 5.74) is -2.41. The molecule has 0 aromatic carbocycles. The second-order valence-electron chi connectivity index (χ2n) is 31.9. The Kier molecular flexibility index (Phi) is 28.8. The third-order valence-electron chi connectivity index (χ3n) is 24.2. The van der Waals surface area contributed by atoms with Gasteiger partial charge in [-0.2, -0.15) is 26.3 Å². The van der Waals surface area contributed by atoms with Crippen LogP contribution in [-0.4, -0.2) is 270 Å². The maximum atomic E-state index is 15.7. The van der Waals surface area contributed by atoms with Crippen LogP contribution in [0.5, 0.6) is 0 Å². The van der Waals surface area contributed by atoms with Crippen molar-refractivity contribution >= 4 is 65.0 Å². The van der Waals surface area contributed by atoms with Crippen LogP contribution in [0.1, 0.15) is 182 Å². The van der Waals surface area contributed by atoms with Crippen molar-refractivity contribution in [2.75, 3.05) is 75.1 Å². The van der Waals surface area contributed by atoms with Gasteiger partial charge in [-0.3, -0.25) is 52.7 Å². The molecule has 7 fully saturated rings. The fourth-order valence-corrected chi connectivity index (χ4v) is 17.4. The molecule has 2 saturated heterocycles. The van der Waals surface area contributed by atoms with E-state index in [0.29, 0.717) is 32.1 Å². The molecule has 11 amide bonds. The summed E-state index contributed by atoms with van der Waals surface area (Å²) < 4.78 is 152. The Morgan fingerprint density at radius 3 is 1.76 bits per heavy atom. The number of ether oxygens (including phenoxy) is 1. The zero-order valence-electron chi connectivity index (χ0n) is 63.3. The lowest BCUT2D eigenvalue weighted by molar-refractivity contribution is -0.219. The lowest BCUT2D eigenvalue weighted by atomic mass is 9.71. The molecule has 33 heteroatoms. The molecule has 0 radical (unpaired) electrons. The van der Waals surface area contributed by atoms with Crippen molar-refractivity contribution in [3.05, 3.63) is 12.2 Å². The van der Waals surface area contributed by atoms with Gasteiger partial charge < -0.3 is 59.9 Å². The van der Waals surface area contributed by atoms with Crippen LogP contribution in [0, 0.1) is 41.4 Å². The highest BCUT2D eigenvalue weighted by atomic mass is 19.4. The van der Waals surface area contributed by atoms with Crippen LogP contribution >= 0.6 is 0 Å². The second kappa shape index (κ2) is 35.9. The summed E-state index contributed by atoms with van der Waals surface area (Å²) >= 11 is 0. The van der Waals surface area contributed by atoms with E-state index in [1.54, 1.807) is 39.8 Å². The number of hydrogen-bond acceptors (Lipinski definition) is 12. The highest BCUT2D eigenvalue weighted by molar-refractivity contribution is 6.00. The van der Waals surface area contributed by atoms with Gasteiger partial charge in [0.2, 0.25) is 65.0 Å². The van der Waals surface area contributed by atoms with Gasteiger partial charge in [-0.05, 0) is 133 Å². The number of nitrogens with zero attached hydrogens (tertiary/aromatic N) is 8. The van der Waals surface area contributed by atoms with E-state index in [1.807, 2.05) is 0 Å². The lowest BCUT2D eigenvalue weighted by Gasteiger charge is -2.50. The van der Waals surface area contributed by atoms with Gasteiger partial charge >= 0.3 is 12.4 Å². The average Bonchev–Trinajstić information content (AvgIpc) is 1.08. The molecule has 12 atom stereocenters. The summed E-state index contributed by atoms with van der Waals surface area (Å²) in [7, 11) is 7.99. The quantitative estimate of drug-likeness (QED) is 0.119. The molecule has 3 heterocycles. The Morgan fingerprint density at radius 1 is 0.598 bits per heavy atom. The van der Waals surface area contributed by atoms with Crippen LogP contribution in [0.25, 0.3) is 0 Å². The van der Waals surface area contributed by atoms with Gasteiger partial charge in [0.15, 0.2) is 0 Å². The monoisotopic (exact) mass is 1540 g/mol. The maximum Gasteiger partial charge on any atom is 0.397 e. The molecule has 5 saturated carbocycles. The summed E-state index contributed by atoms with van der Waals surface area (Å²) in [6.45, 7) is 4.68. The van der Waals surface area contributed by atoms with E-state index < -0.39 is 249 Å². The van der Waals surface area contributed by atoms with Crippen molar-refractivity contribution in [2.24, 2.45) is 41.4 Å². The third-order valence-corrected chi connectivity index (χ3v) is 24.2. The summed E-state index contributed by atoms with van der Waals surface area (Å²) in [5.74, 6) is -20.3. The number of amides is 11. The van der Waals surface area contributed by atoms with Crippen LogP contribution in [0.4, 0.5) is 43.9 Å². The first-order chi connectivity index (χ1) is 50.1.